The molecule has 0 unspecified atom stereocenters. The first-order chi connectivity index (χ1) is 21.5. The monoisotopic (exact) mass is 577 g/mol. The maximum absolute atomic E-state index is 14.7. The van der Waals surface area contributed by atoms with E-state index in [4.69, 9.17) is 0 Å². The van der Waals surface area contributed by atoms with Crippen LogP contribution in [0.15, 0.2) is 126 Å². The number of nitrogens with zero attached hydrogens (tertiary/aromatic N) is 2. The van der Waals surface area contributed by atoms with Gasteiger partial charge in [0.2, 0.25) is 11.8 Å². The van der Waals surface area contributed by atoms with Gasteiger partial charge in [0.25, 0.3) is 5.91 Å². The van der Waals surface area contributed by atoms with Crippen molar-refractivity contribution in [1.29, 1.82) is 0 Å². The van der Waals surface area contributed by atoms with Gasteiger partial charge >= 0.3 is 0 Å². The van der Waals surface area contributed by atoms with E-state index in [0.717, 1.165) is 33.0 Å². The molecule has 1 heterocycles. The van der Waals surface area contributed by atoms with Crippen molar-refractivity contribution >= 4 is 40.4 Å². The molecule has 4 aliphatic rings. The van der Waals surface area contributed by atoms with Crippen molar-refractivity contribution in [3.8, 4) is 0 Å². The Morgan fingerprint density at radius 2 is 1.39 bits per heavy atom. The summed E-state index contributed by atoms with van der Waals surface area (Å²) in [6.07, 6.45) is 0.183. The maximum atomic E-state index is 14.7. The lowest BCUT2D eigenvalue weighted by Crippen LogP contribution is -2.54. The van der Waals surface area contributed by atoms with Gasteiger partial charge in [-0.3, -0.25) is 14.4 Å². The van der Waals surface area contributed by atoms with Crippen molar-refractivity contribution in [2.24, 2.45) is 16.9 Å². The number of carbonyl (C=O) groups is 3. The van der Waals surface area contributed by atoms with E-state index >= 15 is 0 Å². The lowest BCUT2D eigenvalue weighted by molar-refractivity contribution is -0.129. The minimum Gasteiger partial charge on any atom is -0.378 e. The molecule has 3 aliphatic carbocycles. The Morgan fingerprint density at radius 1 is 0.773 bits per heavy atom. The molecule has 1 saturated heterocycles. The SMILES string of the molecule is O=C(N/N=C\C12c3ccccc3C(c3ccccc31)[C@@H]1C(=O)N(c3cccc4ccccc34)C(=O)[C@H]12)[C@@H](O)c1ccccc1. The lowest BCUT2D eigenvalue weighted by Gasteiger charge is -2.52. The van der Waals surface area contributed by atoms with Crippen molar-refractivity contribution in [3.05, 3.63) is 149 Å². The third kappa shape index (κ3) is 3.53. The van der Waals surface area contributed by atoms with Gasteiger partial charge in [0, 0.05) is 17.5 Å². The summed E-state index contributed by atoms with van der Waals surface area (Å²) < 4.78 is 0. The maximum Gasteiger partial charge on any atom is 0.273 e. The van der Waals surface area contributed by atoms with Crippen LogP contribution in [-0.4, -0.2) is 29.0 Å². The Hall–Kier alpha value is -5.40. The van der Waals surface area contributed by atoms with E-state index in [1.54, 1.807) is 36.5 Å². The molecule has 214 valence electrons. The number of amides is 3. The molecule has 0 aromatic heterocycles. The molecule has 5 aromatic rings. The lowest BCUT2D eigenvalue weighted by atomic mass is 9.47. The number of nitrogens with one attached hydrogen (secondary N) is 1. The molecule has 1 aliphatic heterocycles. The number of hydrogen-bond acceptors (Lipinski definition) is 5. The van der Waals surface area contributed by atoms with Crippen molar-refractivity contribution in [2.45, 2.75) is 17.4 Å². The van der Waals surface area contributed by atoms with Gasteiger partial charge in [0.05, 0.1) is 22.9 Å². The van der Waals surface area contributed by atoms with Gasteiger partial charge in [-0.1, -0.05) is 115 Å². The average Bonchev–Trinajstić information content (AvgIpc) is 3.34. The van der Waals surface area contributed by atoms with E-state index in [1.165, 1.54) is 4.90 Å². The van der Waals surface area contributed by atoms with Crippen LogP contribution in [-0.2, 0) is 19.8 Å². The van der Waals surface area contributed by atoms with Gasteiger partial charge in [-0.05, 0) is 39.3 Å². The van der Waals surface area contributed by atoms with Crippen molar-refractivity contribution in [2.75, 3.05) is 4.90 Å². The fraction of sp³-hybridized carbons (Fsp3) is 0.135. The van der Waals surface area contributed by atoms with E-state index < -0.39 is 29.3 Å². The summed E-state index contributed by atoms with van der Waals surface area (Å²) in [5.41, 5.74) is 6.08. The van der Waals surface area contributed by atoms with Crippen molar-refractivity contribution in [3.63, 3.8) is 0 Å². The van der Waals surface area contributed by atoms with E-state index in [0.29, 0.717) is 11.3 Å². The van der Waals surface area contributed by atoms with Crippen LogP contribution in [0, 0.1) is 11.8 Å². The van der Waals surface area contributed by atoms with Crippen LogP contribution < -0.4 is 10.3 Å². The number of benzene rings is 5. The molecule has 9 rings (SSSR count). The Morgan fingerprint density at radius 3 is 2.11 bits per heavy atom. The first-order valence-electron chi connectivity index (χ1n) is 14.6. The molecule has 5 aromatic carbocycles. The normalized spacial score (nSPS) is 23.8. The molecular formula is C37H27N3O4. The standard InChI is InChI=1S/C37H27N3O4/c41-33(23-12-2-1-3-13-23)34(42)39-38-21-37-27-18-8-6-16-25(27)30(26-17-7-9-19-28(26)37)31-32(37)36(44)40(35(31)43)29-20-10-14-22-11-4-5-15-24(22)29/h1-21,30-33,41H,(H,39,42)/b38-21-/t30?,31-,32-,33-,37?/m0/s1. The smallest absolute Gasteiger partial charge is 0.273 e. The minimum atomic E-state index is -1.42. The largest absolute Gasteiger partial charge is 0.378 e. The first-order valence-corrected chi connectivity index (χ1v) is 14.6. The molecular weight excluding hydrogens is 550 g/mol. The molecule has 3 amide bonds. The zero-order chi connectivity index (χ0) is 30.0. The number of aliphatic hydroxyl groups excluding tert-OH is 1. The van der Waals surface area contributed by atoms with Crippen LogP contribution in [0.2, 0.25) is 0 Å². The molecule has 7 nitrogen and oxygen atoms in total. The van der Waals surface area contributed by atoms with E-state index in [1.807, 2.05) is 91.0 Å². The second kappa shape index (κ2) is 9.82. The van der Waals surface area contributed by atoms with Crippen LogP contribution in [0.1, 0.15) is 39.8 Å². The van der Waals surface area contributed by atoms with Crippen molar-refractivity contribution in [1.82, 2.24) is 5.43 Å². The van der Waals surface area contributed by atoms with Crippen LogP contribution in [0.4, 0.5) is 5.69 Å². The second-order valence-corrected chi connectivity index (χ2v) is 11.6. The summed E-state index contributed by atoms with van der Waals surface area (Å²) in [7, 11) is 0. The molecule has 1 fully saturated rings. The molecule has 44 heavy (non-hydrogen) atoms. The Balaban J connectivity index is 1.29. The average molecular weight is 578 g/mol. The molecule has 0 saturated carbocycles. The van der Waals surface area contributed by atoms with E-state index in [-0.39, 0.29) is 17.7 Å². The van der Waals surface area contributed by atoms with Crippen molar-refractivity contribution < 1.29 is 19.5 Å². The minimum absolute atomic E-state index is 0.244. The third-order valence-electron chi connectivity index (χ3n) is 9.50. The quantitative estimate of drug-likeness (QED) is 0.170. The van der Waals surface area contributed by atoms with E-state index in [9.17, 15) is 19.5 Å². The first kappa shape index (κ1) is 26.2. The Kier molecular flexibility index (Phi) is 5.86. The number of rotatable bonds is 5. The zero-order valence-corrected chi connectivity index (χ0v) is 23.5. The number of hydrogen-bond donors (Lipinski definition) is 2. The van der Waals surface area contributed by atoms with E-state index in [2.05, 4.69) is 10.5 Å². The fourth-order valence-corrected chi connectivity index (χ4v) is 7.74. The topological polar surface area (TPSA) is 99.1 Å². The highest BCUT2D eigenvalue weighted by Gasteiger charge is 2.68. The molecule has 0 radical (unpaired) electrons. The number of carbonyl (C=O) groups excluding carboxylic acids is 3. The number of imide groups is 1. The number of hydrazone groups is 1. The van der Waals surface area contributed by atoms with Gasteiger partial charge < -0.3 is 5.11 Å². The Labute approximate surface area is 253 Å². The highest BCUT2D eigenvalue weighted by molar-refractivity contribution is 6.27. The number of anilines is 1. The molecule has 2 N–H and O–H groups in total. The molecule has 2 bridgehead atoms. The summed E-state index contributed by atoms with van der Waals surface area (Å²) in [5.74, 6) is -3.00. The summed E-state index contributed by atoms with van der Waals surface area (Å²) in [6.45, 7) is 0. The summed E-state index contributed by atoms with van der Waals surface area (Å²) in [5, 5.41) is 16.8. The molecule has 7 heteroatoms. The fourth-order valence-electron chi connectivity index (χ4n) is 7.74. The number of aliphatic hydroxyl groups is 1. The third-order valence-corrected chi connectivity index (χ3v) is 9.50. The van der Waals surface area contributed by atoms with Crippen LogP contribution in [0.25, 0.3) is 10.8 Å². The zero-order valence-electron chi connectivity index (χ0n) is 23.5. The molecule has 3 atom stereocenters. The predicted molar refractivity (Wildman–Crippen MR) is 167 cm³/mol. The Bertz CT molecular complexity index is 1970. The van der Waals surface area contributed by atoms with Gasteiger partial charge in [-0.2, -0.15) is 5.10 Å². The second-order valence-electron chi connectivity index (χ2n) is 11.6. The van der Waals surface area contributed by atoms with Crippen LogP contribution in [0.5, 0.6) is 0 Å². The summed E-state index contributed by atoms with van der Waals surface area (Å²) in [4.78, 5) is 43.6. The van der Waals surface area contributed by atoms with Gasteiger partial charge in [-0.25, -0.2) is 10.3 Å². The highest BCUT2D eigenvalue weighted by Crippen LogP contribution is 2.63. The van der Waals surface area contributed by atoms with Crippen LogP contribution >= 0.6 is 0 Å². The van der Waals surface area contributed by atoms with Gasteiger partial charge in [-0.15, -0.1) is 0 Å². The van der Waals surface area contributed by atoms with Gasteiger partial charge in [0.1, 0.15) is 0 Å². The summed E-state index contributed by atoms with van der Waals surface area (Å²) >= 11 is 0. The highest BCUT2D eigenvalue weighted by atomic mass is 16.3. The predicted octanol–water partition coefficient (Wildman–Crippen LogP) is 5.23. The summed E-state index contributed by atoms with van der Waals surface area (Å²) in [6, 6.07) is 37.7. The number of fused-ring (bicyclic) bond motifs is 1. The van der Waals surface area contributed by atoms with Gasteiger partial charge in [0.15, 0.2) is 6.10 Å². The molecule has 0 spiro atoms. The van der Waals surface area contributed by atoms with Crippen LogP contribution in [0.3, 0.4) is 0 Å².